The molecular weight excluding hydrogens is 433 g/mol. The number of hydrogen-bond acceptors (Lipinski definition) is 5. The fourth-order valence-corrected chi connectivity index (χ4v) is 5.79. The molecule has 0 N–H and O–H groups in total. The SMILES string of the molecule is CCO[C@@H](c1ccccn1)[C@@]1(CCc2ccc(F)s2)CCN(C(C)(C)c2ccc(C)nc2)C1. The Morgan fingerprint density at radius 1 is 1.18 bits per heavy atom. The van der Waals surface area contributed by atoms with E-state index in [1.54, 1.807) is 6.07 Å². The first kappa shape index (κ1) is 24.0. The van der Waals surface area contributed by atoms with E-state index in [0.29, 0.717) is 6.61 Å². The number of nitrogens with zero attached hydrogens (tertiary/aromatic N) is 3. The number of likely N-dealkylation sites (tertiary alicyclic amines) is 1. The molecule has 4 rings (SSSR count). The first-order chi connectivity index (χ1) is 15.8. The Bertz CT molecular complexity index is 1040. The molecule has 176 valence electrons. The molecule has 0 unspecified atom stereocenters. The van der Waals surface area contributed by atoms with Gasteiger partial charge in [0.25, 0.3) is 0 Å². The number of ether oxygens (including phenoxy) is 1. The van der Waals surface area contributed by atoms with Gasteiger partial charge in [-0.1, -0.05) is 12.1 Å². The van der Waals surface area contributed by atoms with Crippen molar-refractivity contribution < 1.29 is 9.13 Å². The summed E-state index contributed by atoms with van der Waals surface area (Å²) in [6.45, 7) is 11.1. The minimum atomic E-state index is -0.154. The summed E-state index contributed by atoms with van der Waals surface area (Å²) in [5.41, 5.74) is 2.96. The summed E-state index contributed by atoms with van der Waals surface area (Å²) in [7, 11) is 0. The van der Waals surface area contributed by atoms with Crippen molar-refractivity contribution >= 4 is 11.3 Å². The summed E-state index contributed by atoms with van der Waals surface area (Å²) in [6, 6.07) is 13.8. The van der Waals surface area contributed by atoms with Crippen molar-refractivity contribution in [3.05, 3.63) is 81.8 Å². The molecule has 33 heavy (non-hydrogen) atoms. The van der Waals surface area contributed by atoms with Crippen molar-refractivity contribution in [1.82, 2.24) is 14.9 Å². The Hall–Kier alpha value is -2.15. The molecular formula is C27H34FN3OS. The summed E-state index contributed by atoms with van der Waals surface area (Å²) >= 11 is 1.25. The molecule has 0 amide bonds. The van der Waals surface area contributed by atoms with Crippen molar-refractivity contribution in [1.29, 1.82) is 0 Å². The van der Waals surface area contributed by atoms with Gasteiger partial charge in [-0.3, -0.25) is 14.9 Å². The van der Waals surface area contributed by atoms with E-state index in [1.807, 2.05) is 44.4 Å². The van der Waals surface area contributed by atoms with Crippen LogP contribution < -0.4 is 0 Å². The number of aromatic nitrogens is 2. The Labute approximate surface area is 200 Å². The molecule has 1 aliphatic rings. The molecule has 6 heteroatoms. The van der Waals surface area contributed by atoms with Gasteiger partial charge in [-0.25, -0.2) is 0 Å². The maximum atomic E-state index is 13.7. The van der Waals surface area contributed by atoms with Crippen LogP contribution in [0.5, 0.6) is 0 Å². The largest absolute Gasteiger partial charge is 0.372 e. The van der Waals surface area contributed by atoms with E-state index in [4.69, 9.17) is 9.72 Å². The normalized spacial score (nSPS) is 20.3. The van der Waals surface area contributed by atoms with Crippen LogP contribution in [0.25, 0.3) is 0 Å². The molecule has 1 aliphatic heterocycles. The molecule has 0 aromatic carbocycles. The summed E-state index contributed by atoms with van der Waals surface area (Å²) < 4.78 is 20.1. The molecule has 0 spiro atoms. The van der Waals surface area contributed by atoms with E-state index in [-0.39, 0.29) is 22.2 Å². The van der Waals surface area contributed by atoms with E-state index >= 15 is 0 Å². The monoisotopic (exact) mass is 467 g/mol. The quantitative estimate of drug-likeness (QED) is 0.369. The second-order valence-corrected chi connectivity index (χ2v) is 10.7. The molecule has 0 saturated carbocycles. The zero-order valence-electron chi connectivity index (χ0n) is 20.1. The van der Waals surface area contributed by atoms with Gasteiger partial charge in [-0.15, -0.1) is 11.3 Å². The highest BCUT2D eigenvalue weighted by atomic mass is 32.1. The first-order valence-corrected chi connectivity index (χ1v) is 12.6. The number of hydrogen-bond donors (Lipinski definition) is 0. The van der Waals surface area contributed by atoms with Gasteiger partial charge in [0.2, 0.25) is 0 Å². The molecule has 3 aromatic heterocycles. The van der Waals surface area contributed by atoms with Crippen molar-refractivity contribution in [2.24, 2.45) is 5.41 Å². The number of aryl methyl sites for hydroxylation is 2. The van der Waals surface area contributed by atoms with Crippen molar-refractivity contribution in [3.63, 3.8) is 0 Å². The molecule has 0 radical (unpaired) electrons. The summed E-state index contributed by atoms with van der Waals surface area (Å²) in [4.78, 5) is 12.9. The van der Waals surface area contributed by atoms with E-state index in [1.165, 1.54) is 16.9 Å². The van der Waals surface area contributed by atoms with Gasteiger partial charge in [0.15, 0.2) is 5.13 Å². The number of rotatable bonds is 9. The molecule has 0 bridgehead atoms. The highest BCUT2D eigenvalue weighted by Gasteiger charge is 2.49. The highest BCUT2D eigenvalue weighted by molar-refractivity contribution is 7.10. The second kappa shape index (κ2) is 10.00. The van der Waals surface area contributed by atoms with Crippen LogP contribution in [0.15, 0.2) is 54.9 Å². The maximum absolute atomic E-state index is 13.7. The lowest BCUT2D eigenvalue weighted by molar-refractivity contribution is -0.0460. The van der Waals surface area contributed by atoms with Crippen molar-refractivity contribution in [2.75, 3.05) is 19.7 Å². The van der Waals surface area contributed by atoms with Crippen LogP contribution in [-0.2, 0) is 16.7 Å². The van der Waals surface area contributed by atoms with E-state index in [2.05, 4.69) is 41.9 Å². The zero-order valence-corrected chi connectivity index (χ0v) is 20.9. The first-order valence-electron chi connectivity index (χ1n) is 11.8. The van der Waals surface area contributed by atoms with Gasteiger partial charge in [0.05, 0.1) is 5.69 Å². The minimum Gasteiger partial charge on any atom is -0.372 e. The summed E-state index contributed by atoms with van der Waals surface area (Å²) in [5.74, 6) is 0. The van der Waals surface area contributed by atoms with Crippen molar-refractivity contribution in [2.45, 2.75) is 58.6 Å². The number of pyridine rings is 2. The second-order valence-electron chi connectivity index (χ2n) is 9.58. The third-order valence-electron chi connectivity index (χ3n) is 7.14. The predicted octanol–water partition coefficient (Wildman–Crippen LogP) is 6.32. The Kier molecular flexibility index (Phi) is 7.27. The predicted molar refractivity (Wildman–Crippen MR) is 132 cm³/mol. The molecule has 0 aliphatic carbocycles. The average Bonchev–Trinajstić information content (AvgIpc) is 3.44. The van der Waals surface area contributed by atoms with Crippen LogP contribution in [-0.4, -0.2) is 34.6 Å². The van der Waals surface area contributed by atoms with Crippen LogP contribution in [0.4, 0.5) is 4.39 Å². The maximum Gasteiger partial charge on any atom is 0.176 e. The average molecular weight is 468 g/mol. The van der Waals surface area contributed by atoms with Crippen LogP contribution >= 0.6 is 11.3 Å². The Morgan fingerprint density at radius 2 is 2.03 bits per heavy atom. The van der Waals surface area contributed by atoms with Crippen LogP contribution in [0, 0.1) is 17.5 Å². The minimum absolute atomic E-state index is 0.106. The van der Waals surface area contributed by atoms with Crippen LogP contribution in [0.1, 0.15) is 61.5 Å². The smallest absolute Gasteiger partial charge is 0.176 e. The Morgan fingerprint density at radius 3 is 2.67 bits per heavy atom. The van der Waals surface area contributed by atoms with Gasteiger partial charge < -0.3 is 4.74 Å². The lowest BCUT2D eigenvalue weighted by atomic mass is 9.75. The Balaban J connectivity index is 1.66. The molecule has 1 fully saturated rings. The molecule has 2 atom stereocenters. The topological polar surface area (TPSA) is 38.2 Å². The standard InChI is InChI=1S/C27H34FN3OS/c1-5-32-25(23-8-6-7-16-29-23)27(14-13-22-11-12-24(28)33-22)15-17-31(19-27)26(3,4)21-10-9-20(2)30-18-21/h6-12,16,18,25H,5,13-15,17,19H2,1-4H3/t25-,27-/m0/s1. The van der Waals surface area contributed by atoms with E-state index < -0.39 is 0 Å². The fraction of sp³-hybridized carbons (Fsp3) is 0.481. The third kappa shape index (κ3) is 5.18. The van der Waals surface area contributed by atoms with Gasteiger partial charge in [-0.05, 0) is 89.4 Å². The third-order valence-corrected chi connectivity index (χ3v) is 8.07. The van der Waals surface area contributed by atoms with E-state index in [0.717, 1.165) is 48.6 Å². The van der Waals surface area contributed by atoms with E-state index in [9.17, 15) is 4.39 Å². The molecule has 1 saturated heterocycles. The molecule has 3 aromatic rings. The lowest BCUT2D eigenvalue weighted by Crippen LogP contribution is -2.43. The zero-order chi connectivity index (χ0) is 23.5. The molecule has 4 heterocycles. The van der Waals surface area contributed by atoms with Crippen LogP contribution in [0.2, 0.25) is 0 Å². The molecule has 4 nitrogen and oxygen atoms in total. The number of halogens is 1. The van der Waals surface area contributed by atoms with Gasteiger partial charge >= 0.3 is 0 Å². The van der Waals surface area contributed by atoms with Gasteiger partial charge in [0, 0.05) is 47.1 Å². The highest BCUT2D eigenvalue weighted by Crippen LogP contribution is 2.50. The summed E-state index contributed by atoms with van der Waals surface area (Å²) in [6.07, 6.45) is 6.51. The number of thiophene rings is 1. The fourth-order valence-electron chi connectivity index (χ4n) is 5.07. The summed E-state index contributed by atoms with van der Waals surface area (Å²) in [5, 5.41) is -0.119. The van der Waals surface area contributed by atoms with Gasteiger partial charge in [-0.2, -0.15) is 4.39 Å². The van der Waals surface area contributed by atoms with Crippen molar-refractivity contribution in [3.8, 4) is 0 Å². The van der Waals surface area contributed by atoms with Crippen LogP contribution in [0.3, 0.4) is 0 Å². The lowest BCUT2D eigenvalue weighted by Gasteiger charge is -2.41. The van der Waals surface area contributed by atoms with Gasteiger partial charge in [0.1, 0.15) is 6.10 Å².